The Hall–Kier alpha value is -4.00. The molecule has 0 saturated carbocycles. The van der Waals surface area contributed by atoms with Crippen molar-refractivity contribution >= 4 is 22.8 Å². The Balaban J connectivity index is 1.24. The minimum Gasteiger partial charge on any atom is -0.377 e. The van der Waals surface area contributed by atoms with Crippen LogP contribution < -0.4 is 4.90 Å². The van der Waals surface area contributed by atoms with Crippen molar-refractivity contribution < 1.29 is 18.6 Å². The van der Waals surface area contributed by atoms with Gasteiger partial charge in [0, 0.05) is 37.7 Å². The summed E-state index contributed by atoms with van der Waals surface area (Å²) in [6.07, 6.45) is 3.71. The average molecular weight is 617 g/mol. The Kier molecular flexibility index (Phi) is 7.96. The first kappa shape index (κ1) is 29.7. The van der Waals surface area contributed by atoms with Crippen LogP contribution in [0.4, 0.5) is 14.6 Å². The molecule has 4 atom stereocenters. The van der Waals surface area contributed by atoms with Gasteiger partial charge in [-0.25, -0.2) is 18.2 Å². The first-order chi connectivity index (χ1) is 21.8. The minimum absolute atomic E-state index is 0.0411. The summed E-state index contributed by atoms with van der Waals surface area (Å²) in [7, 11) is 0. The lowest BCUT2D eigenvalue weighted by Crippen LogP contribution is -2.61. The summed E-state index contributed by atoms with van der Waals surface area (Å²) in [5.74, 6) is 0.912. The molecule has 0 aliphatic carbocycles. The number of fused-ring (bicyclic) bond motifs is 3. The third-order valence-corrected chi connectivity index (χ3v) is 9.44. The van der Waals surface area contributed by atoms with Crippen LogP contribution in [-0.4, -0.2) is 83.3 Å². The molecule has 2 aliphatic heterocycles. The summed E-state index contributed by atoms with van der Waals surface area (Å²) < 4.78 is 37.8. The molecule has 5 heterocycles. The molecule has 1 unspecified atom stereocenters. The van der Waals surface area contributed by atoms with E-state index in [0.717, 1.165) is 59.8 Å². The highest BCUT2D eigenvalue weighted by Gasteiger charge is 2.40. The Bertz CT molecular complexity index is 1740. The highest BCUT2D eigenvalue weighted by molar-refractivity contribution is 5.87. The molecular formula is C33H38F2N8O2. The highest BCUT2D eigenvalue weighted by Crippen LogP contribution is 2.36. The van der Waals surface area contributed by atoms with Crippen molar-refractivity contribution in [2.24, 2.45) is 0 Å². The van der Waals surface area contributed by atoms with Crippen LogP contribution in [-0.2, 0) is 11.3 Å². The molecule has 0 bridgehead atoms. The molecule has 3 aromatic heterocycles. The van der Waals surface area contributed by atoms with Gasteiger partial charge in [0.1, 0.15) is 35.5 Å². The number of anilines is 1. The van der Waals surface area contributed by atoms with Crippen molar-refractivity contribution in [3.05, 3.63) is 83.4 Å². The maximum Gasteiger partial charge on any atom is 0.258 e. The van der Waals surface area contributed by atoms with E-state index in [1.165, 1.54) is 24.3 Å². The smallest absolute Gasteiger partial charge is 0.258 e. The zero-order chi connectivity index (χ0) is 31.2. The summed E-state index contributed by atoms with van der Waals surface area (Å²) >= 11 is 0. The number of aryl methyl sites for hydroxylation is 1. The van der Waals surface area contributed by atoms with Gasteiger partial charge in [0.05, 0.1) is 12.6 Å². The Morgan fingerprint density at radius 3 is 2.31 bits per heavy atom. The van der Waals surface area contributed by atoms with E-state index in [2.05, 4.69) is 38.4 Å². The molecule has 0 radical (unpaired) electrons. The monoisotopic (exact) mass is 616 g/mol. The molecule has 2 saturated heterocycles. The zero-order valence-electron chi connectivity index (χ0n) is 25.7. The molecule has 2 aromatic carbocycles. The topological polar surface area (TPSA) is 96.8 Å². The number of hydrogen-bond donors (Lipinski definition) is 1. The van der Waals surface area contributed by atoms with Crippen LogP contribution in [0.15, 0.2) is 54.9 Å². The van der Waals surface area contributed by atoms with Crippen molar-refractivity contribution in [1.29, 1.82) is 0 Å². The molecule has 0 spiro atoms. The number of aromatic nitrogens is 6. The van der Waals surface area contributed by atoms with Crippen LogP contribution in [0.1, 0.15) is 56.0 Å². The average Bonchev–Trinajstić information content (AvgIpc) is 3.80. The van der Waals surface area contributed by atoms with Crippen LogP contribution >= 0.6 is 0 Å². The summed E-state index contributed by atoms with van der Waals surface area (Å²) in [6.45, 7) is 8.84. The summed E-state index contributed by atoms with van der Waals surface area (Å²) in [4.78, 5) is 14.4. The van der Waals surface area contributed by atoms with Gasteiger partial charge in [0.25, 0.3) is 5.78 Å². The number of ether oxygens (including phenoxy) is 1. The quantitative estimate of drug-likeness (QED) is 0.269. The van der Waals surface area contributed by atoms with Gasteiger partial charge in [-0.3, -0.25) is 4.90 Å². The lowest BCUT2D eigenvalue weighted by Gasteiger charge is -2.49. The van der Waals surface area contributed by atoms with Crippen molar-refractivity contribution in [2.75, 3.05) is 24.6 Å². The number of hydrogen-bond acceptors (Lipinski definition) is 8. The number of halogens is 2. The molecule has 10 nitrogen and oxygen atoms in total. The highest BCUT2D eigenvalue weighted by atomic mass is 19.1. The number of aliphatic hydroxyl groups is 1. The molecule has 1 N–H and O–H groups in total. The van der Waals surface area contributed by atoms with Crippen molar-refractivity contribution in [1.82, 2.24) is 34.0 Å². The van der Waals surface area contributed by atoms with Gasteiger partial charge in [-0.2, -0.15) is 4.98 Å². The van der Waals surface area contributed by atoms with Gasteiger partial charge in [0.15, 0.2) is 11.5 Å². The first-order valence-corrected chi connectivity index (χ1v) is 15.7. The van der Waals surface area contributed by atoms with Crippen molar-refractivity contribution in [3.8, 4) is 0 Å². The van der Waals surface area contributed by atoms with E-state index >= 15 is 0 Å². The molecule has 5 aromatic rings. The van der Waals surface area contributed by atoms with Crippen LogP contribution in [0.25, 0.3) is 16.9 Å². The van der Waals surface area contributed by atoms with Crippen LogP contribution in [0.5, 0.6) is 0 Å². The number of aliphatic hydroxyl groups excluding tert-OH is 1. The lowest BCUT2D eigenvalue weighted by atomic mass is 9.87. The number of imidazole rings is 1. The molecule has 2 aliphatic rings. The molecule has 7 rings (SSSR count). The summed E-state index contributed by atoms with van der Waals surface area (Å²) in [6, 6.07) is 12.3. The van der Waals surface area contributed by atoms with Gasteiger partial charge in [-0.05, 0) is 68.5 Å². The van der Waals surface area contributed by atoms with E-state index in [1.807, 2.05) is 11.3 Å². The predicted molar refractivity (Wildman–Crippen MR) is 166 cm³/mol. The zero-order valence-corrected chi connectivity index (χ0v) is 25.7. The molecule has 0 amide bonds. The summed E-state index contributed by atoms with van der Waals surface area (Å²) in [5, 5.41) is 20.6. The van der Waals surface area contributed by atoms with Gasteiger partial charge in [-0.1, -0.05) is 31.2 Å². The molecule has 236 valence electrons. The number of nitrogens with zero attached hydrogens (tertiary/aromatic N) is 8. The third-order valence-electron chi connectivity index (χ3n) is 9.44. The standard InChI is InChI=1S/C33H38F2N8O2/c1-4-26-17-40(30-29-31(43-19-36-39-33(43)38-30)41(21(3)37-29)18-27-6-5-15-45-27)20(2)16-42(26)32(44)28(22-7-11-24(34)12-8-22)23-9-13-25(35)14-10-23/h7-14,19-20,26-28,32,44H,4-6,15-18H2,1-3H3/t20-,26+,27-,32?/m0/s1. The number of piperazine rings is 1. The fourth-order valence-corrected chi connectivity index (χ4v) is 7.08. The van der Waals surface area contributed by atoms with Crippen LogP contribution in [0, 0.1) is 18.6 Å². The van der Waals surface area contributed by atoms with Gasteiger partial charge < -0.3 is 19.3 Å². The second-order valence-corrected chi connectivity index (χ2v) is 12.3. The lowest BCUT2D eigenvalue weighted by molar-refractivity contribution is -0.0480. The van der Waals surface area contributed by atoms with E-state index in [4.69, 9.17) is 14.7 Å². The first-order valence-electron chi connectivity index (χ1n) is 15.7. The molecular weight excluding hydrogens is 578 g/mol. The Morgan fingerprint density at radius 2 is 1.69 bits per heavy atom. The number of benzene rings is 2. The molecule has 2 fully saturated rings. The maximum atomic E-state index is 13.9. The van der Waals surface area contributed by atoms with Crippen molar-refractivity contribution in [3.63, 3.8) is 0 Å². The normalized spacial score (nSPS) is 21.8. The largest absolute Gasteiger partial charge is 0.377 e. The van der Waals surface area contributed by atoms with Gasteiger partial charge in [0.2, 0.25) is 0 Å². The minimum atomic E-state index is -0.935. The van der Waals surface area contributed by atoms with E-state index in [1.54, 1.807) is 30.6 Å². The van der Waals surface area contributed by atoms with E-state index in [0.29, 0.717) is 25.4 Å². The Labute approximate surface area is 260 Å². The molecule has 12 heteroatoms. The van der Waals surface area contributed by atoms with Gasteiger partial charge >= 0.3 is 0 Å². The van der Waals surface area contributed by atoms with Gasteiger partial charge in [-0.15, -0.1) is 10.2 Å². The Morgan fingerprint density at radius 1 is 1.00 bits per heavy atom. The third kappa shape index (κ3) is 5.44. The van der Waals surface area contributed by atoms with Crippen LogP contribution in [0.3, 0.4) is 0 Å². The SMILES string of the molecule is CC[C@@H]1CN(c2nc3nncn3c3c2nc(C)n3C[C@@H]2CCCO2)[C@@H](C)CN1C(O)C(c1ccc(F)cc1)c1ccc(F)cc1. The van der Waals surface area contributed by atoms with E-state index in [-0.39, 0.29) is 29.8 Å². The second-order valence-electron chi connectivity index (χ2n) is 12.3. The maximum absolute atomic E-state index is 13.9. The fraction of sp³-hybridized carbons (Fsp3) is 0.455. The van der Waals surface area contributed by atoms with E-state index < -0.39 is 12.1 Å². The van der Waals surface area contributed by atoms with Crippen LogP contribution in [0.2, 0.25) is 0 Å². The predicted octanol–water partition coefficient (Wildman–Crippen LogP) is 4.68. The number of rotatable bonds is 8. The fourth-order valence-electron chi connectivity index (χ4n) is 7.08. The molecule has 45 heavy (non-hydrogen) atoms. The summed E-state index contributed by atoms with van der Waals surface area (Å²) in [5.41, 5.74) is 3.19. The second kappa shape index (κ2) is 12.1. The van der Waals surface area contributed by atoms with Crippen molar-refractivity contribution in [2.45, 2.75) is 76.9 Å². The van der Waals surface area contributed by atoms with E-state index in [9.17, 15) is 13.9 Å².